The predicted molar refractivity (Wildman–Crippen MR) is 73.9 cm³/mol. The van der Waals surface area contributed by atoms with Crippen LogP contribution in [-0.4, -0.2) is 57.5 Å². The standard InChI is InChI=1S/C13H21N5O2/c1-3-6-17(9-11-14-4-7-16(11)2)12(19)10-18-8-5-15-13(18)20/h4,7H,3,5-6,8-10H2,1-2H3,(H,15,20). The van der Waals surface area contributed by atoms with Crippen LogP contribution in [0.15, 0.2) is 12.4 Å². The first-order valence-electron chi connectivity index (χ1n) is 6.88. The molecule has 0 aromatic carbocycles. The van der Waals surface area contributed by atoms with Crippen LogP contribution in [0.2, 0.25) is 0 Å². The molecule has 0 spiro atoms. The molecular weight excluding hydrogens is 258 g/mol. The van der Waals surface area contributed by atoms with Gasteiger partial charge in [-0.3, -0.25) is 4.79 Å². The number of urea groups is 1. The lowest BCUT2D eigenvalue weighted by Crippen LogP contribution is -2.42. The quantitative estimate of drug-likeness (QED) is 0.808. The molecule has 1 aromatic rings. The number of aromatic nitrogens is 2. The summed E-state index contributed by atoms with van der Waals surface area (Å²) < 4.78 is 1.90. The molecule has 0 bridgehead atoms. The molecule has 1 saturated heterocycles. The van der Waals surface area contributed by atoms with Crippen LogP contribution >= 0.6 is 0 Å². The Hall–Kier alpha value is -2.05. The average Bonchev–Trinajstić information content (AvgIpc) is 2.99. The zero-order valence-corrected chi connectivity index (χ0v) is 12.0. The highest BCUT2D eigenvalue weighted by Crippen LogP contribution is 2.05. The lowest BCUT2D eigenvalue weighted by atomic mass is 10.3. The Morgan fingerprint density at radius 2 is 2.35 bits per heavy atom. The fourth-order valence-electron chi connectivity index (χ4n) is 2.21. The van der Waals surface area contributed by atoms with Gasteiger partial charge in [-0.2, -0.15) is 0 Å². The summed E-state index contributed by atoms with van der Waals surface area (Å²) in [5.41, 5.74) is 0. The summed E-state index contributed by atoms with van der Waals surface area (Å²) in [4.78, 5) is 31.4. The summed E-state index contributed by atoms with van der Waals surface area (Å²) in [7, 11) is 1.91. The van der Waals surface area contributed by atoms with Gasteiger partial charge in [0.1, 0.15) is 12.4 Å². The minimum atomic E-state index is -0.160. The SMILES string of the molecule is CCCN(Cc1nccn1C)C(=O)CN1CCNC1=O. The van der Waals surface area contributed by atoms with E-state index in [1.807, 2.05) is 24.7 Å². The summed E-state index contributed by atoms with van der Waals surface area (Å²) in [5.74, 6) is 0.810. The number of rotatable bonds is 6. The molecule has 7 heteroatoms. The van der Waals surface area contributed by atoms with Crippen LogP contribution in [0.5, 0.6) is 0 Å². The molecule has 1 aromatic heterocycles. The molecule has 0 unspecified atom stereocenters. The average molecular weight is 279 g/mol. The normalized spacial score (nSPS) is 14.5. The zero-order valence-electron chi connectivity index (χ0n) is 12.0. The van der Waals surface area contributed by atoms with Gasteiger partial charge in [0.05, 0.1) is 6.54 Å². The number of carbonyl (C=O) groups is 2. The molecule has 0 atom stereocenters. The molecular formula is C13H21N5O2. The number of carbonyl (C=O) groups excluding carboxylic acids is 2. The van der Waals surface area contributed by atoms with Gasteiger partial charge in [0.2, 0.25) is 5.91 Å². The largest absolute Gasteiger partial charge is 0.337 e. The van der Waals surface area contributed by atoms with E-state index in [4.69, 9.17) is 0 Å². The predicted octanol–water partition coefficient (Wildman–Crippen LogP) is 0.184. The van der Waals surface area contributed by atoms with E-state index >= 15 is 0 Å². The van der Waals surface area contributed by atoms with Gasteiger partial charge in [0.15, 0.2) is 0 Å². The lowest BCUT2D eigenvalue weighted by molar-refractivity contribution is -0.132. The molecule has 0 aliphatic carbocycles. The van der Waals surface area contributed by atoms with Crippen molar-refractivity contribution in [2.45, 2.75) is 19.9 Å². The molecule has 2 heterocycles. The van der Waals surface area contributed by atoms with Crippen LogP contribution in [0.3, 0.4) is 0 Å². The van der Waals surface area contributed by atoms with E-state index in [1.54, 1.807) is 16.0 Å². The minimum Gasteiger partial charge on any atom is -0.337 e. The van der Waals surface area contributed by atoms with Crippen LogP contribution in [0.4, 0.5) is 4.79 Å². The van der Waals surface area contributed by atoms with Crippen molar-refractivity contribution in [1.29, 1.82) is 0 Å². The van der Waals surface area contributed by atoms with Gasteiger partial charge >= 0.3 is 6.03 Å². The molecule has 7 nitrogen and oxygen atoms in total. The second kappa shape index (κ2) is 6.40. The zero-order chi connectivity index (χ0) is 14.5. The van der Waals surface area contributed by atoms with E-state index in [2.05, 4.69) is 10.3 Å². The lowest BCUT2D eigenvalue weighted by Gasteiger charge is -2.24. The Bertz CT molecular complexity index is 485. The number of imidazole rings is 1. The van der Waals surface area contributed by atoms with Crippen molar-refractivity contribution in [2.24, 2.45) is 7.05 Å². The number of amides is 3. The van der Waals surface area contributed by atoms with Gasteiger partial charge in [0, 0.05) is 39.1 Å². The van der Waals surface area contributed by atoms with E-state index in [0.29, 0.717) is 26.2 Å². The number of nitrogens with zero attached hydrogens (tertiary/aromatic N) is 4. The Morgan fingerprint density at radius 1 is 1.55 bits per heavy atom. The molecule has 2 rings (SSSR count). The Kier molecular flexibility index (Phi) is 4.60. The Morgan fingerprint density at radius 3 is 2.90 bits per heavy atom. The fourth-order valence-corrected chi connectivity index (χ4v) is 2.21. The van der Waals surface area contributed by atoms with Crippen LogP contribution in [0.1, 0.15) is 19.2 Å². The maximum atomic E-state index is 12.3. The van der Waals surface area contributed by atoms with Gasteiger partial charge in [0.25, 0.3) is 0 Å². The molecule has 0 saturated carbocycles. The summed E-state index contributed by atoms with van der Waals surface area (Å²) in [6.45, 7) is 4.51. The van der Waals surface area contributed by atoms with Gasteiger partial charge < -0.3 is 19.7 Å². The number of hydrogen-bond acceptors (Lipinski definition) is 3. The van der Waals surface area contributed by atoms with Gasteiger partial charge in [-0.25, -0.2) is 9.78 Å². The topological polar surface area (TPSA) is 70.5 Å². The van der Waals surface area contributed by atoms with Crippen LogP contribution in [0, 0.1) is 0 Å². The van der Waals surface area contributed by atoms with E-state index in [0.717, 1.165) is 12.2 Å². The monoisotopic (exact) mass is 279 g/mol. The summed E-state index contributed by atoms with van der Waals surface area (Å²) in [6, 6.07) is -0.160. The van der Waals surface area contributed by atoms with Gasteiger partial charge in [-0.15, -0.1) is 0 Å². The number of hydrogen-bond donors (Lipinski definition) is 1. The summed E-state index contributed by atoms with van der Waals surface area (Å²) in [6.07, 6.45) is 4.46. The van der Waals surface area contributed by atoms with Crippen molar-refractivity contribution in [3.05, 3.63) is 18.2 Å². The fraction of sp³-hybridized carbons (Fsp3) is 0.615. The van der Waals surface area contributed by atoms with Crippen molar-refractivity contribution in [3.63, 3.8) is 0 Å². The minimum absolute atomic E-state index is 0.0353. The third-order valence-electron chi connectivity index (χ3n) is 3.37. The highest BCUT2D eigenvalue weighted by molar-refractivity contribution is 5.85. The van der Waals surface area contributed by atoms with Crippen molar-refractivity contribution < 1.29 is 9.59 Å². The maximum Gasteiger partial charge on any atom is 0.317 e. The van der Waals surface area contributed by atoms with Crippen molar-refractivity contribution in [3.8, 4) is 0 Å². The maximum absolute atomic E-state index is 12.3. The van der Waals surface area contributed by atoms with Crippen LogP contribution in [0.25, 0.3) is 0 Å². The third kappa shape index (κ3) is 3.28. The summed E-state index contributed by atoms with van der Waals surface area (Å²) >= 11 is 0. The third-order valence-corrected chi connectivity index (χ3v) is 3.37. The molecule has 0 radical (unpaired) electrons. The molecule has 1 fully saturated rings. The van der Waals surface area contributed by atoms with E-state index in [1.165, 1.54) is 0 Å². The van der Waals surface area contributed by atoms with Gasteiger partial charge in [-0.1, -0.05) is 6.92 Å². The first kappa shape index (κ1) is 14.4. The molecule has 1 aliphatic heterocycles. The molecule has 3 amide bonds. The molecule has 110 valence electrons. The Balaban J connectivity index is 1.98. The van der Waals surface area contributed by atoms with Crippen molar-refractivity contribution in [1.82, 2.24) is 24.7 Å². The smallest absolute Gasteiger partial charge is 0.317 e. The second-order valence-electron chi connectivity index (χ2n) is 4.92. The number of nitrogens with one attached hydrogen (secondary N) is 1. The van der Waals surface area contributed by atoms with Crippen molar-refractivity contribution in [2.75, 3.05) is 26.2 Å². The van der Waals surface area contributed by atoms with Crippen LogP contribution in [-0.2, 0) is 18.4 Å². The highest BCUT2D eigenvalue weighted by Gasteiger charge is 2.24. The van der Waals surface area contributed by atoms with Crippen molar-refractivity contribution >= 4 is 11.9 Å². The highest BCUT2D eigenvalue weighted by atomic mass is 16.2. The first-order valence-corrected chi connectivity index (χ1v) is 6.88. The molecule has 1 N–H and O–H groups in total. The molecule has 1 aliphatic rings. The van der Waals surface area contributed by atoms with E-state index in [9.17, 15) is 9.59 Å². The van der Waals surface area contributed by atoms with Crippen LogP contribution < -0.4 is 5.32 Å². The number of aryl methyl sites for hydroxylation is 1. The summed E-state index contributed by atoms with van der Waals surface area (Å²) in [5, 5.41) is 2.70. The second-order valence-corrected chi connectivity index (χ2v) is 4.92. The Labute approximate surface area is 118 Å². The molecule has 20 heavy (non-hydrogen) atoms. The van der Waals surface area contributed by atoms with E-state index < -0.39 is 0 Å². The van der Waals surface area contributed by atoms with E-state index in [-0.39, 0.29) is 18.5 Å². The van der Waals surface area contributed by atoms with Gasteiger partial charge in [-0.05, 0) is 6.42 Å². The first-order chi connectivity index (χ1) is 9.61.